The number of hydrogen-bond donors (Lipinski definition) is 2. The van der Waals surface area contributed by atoms with Crippen LogP contribution in [0, 0.1) is 5.82 Å². The number of aliphatic hydroxyl groups is 1. The fourth-order valence-corrected chi connectivity index (χ4v) is 2.55. The van der Waals surface area contributed by atoms with Crippen molar-refractivity contribution in [1.82, 2.24) is 5.32 Å². The molecule has 3 rings (SSSR count). The molecule has 1 aliphatic carbocycles. The van der Waals surface area contributed by atoms with Gasteiger partial charge in [0.1, 0.15) is 5.82 Å². The van der Waals surface area contributed by atoms with Gasteiger partial charge in [0, 0.05) is 6.93 Å². The number of fused-ring (bicyclic) bond motifs is 2. The predicted molar refractivity (Wildman–Crippen MR) is 56.2 cm³/mol. The third kappa shape index (κ3) is 1.30. The van der Waals surface area contributed by atoms with E-state index in [2.05, 4.69) is 5.32 Å². The van der Waals surface area contributed by atoms with Crippen LogP contribution in [0.2, 0.25) is 0 Å². The van der Waals surface area contributed by atoms with E-state index in [4.69, 9.17) is 6.11 Å². The van der Waals surface area contributed by atoms with Gasteiger partial charge in [0.05, 0.1) is 25.0 Å². The van der Waals surface area contributed by atoms with Gasteiger partial charge in [-0.3, -0.25) is 5.32 Å². The number of halogens is 1. The summed E-state index contributed by atoms with van der Waals surface area (Å²) < 4.78 is 27.2. The first-order chi connectivity index (χ1) is 8.15. The van der Waals surface area contributed by atoms with Crippen LogP contribution in [0.5, 0.6) is 0 Å². The van der Waals surface area contributed by atoms with Crippen molar-refractivity contribution in [1.29, 1.82) is 0 Å². The Morgan fingerprint density at radius 1 is 1.62 bits per heavy atom. The van der Waals surface area contributed by atoms with Gasteiger partial charge in [-0.15, -0.1) is 0 Å². The summed E-state index contributed by atoms with van der Waals surface area (Å²) in [5.74, 6) is -0.407. The average Bonchev–Trinajstić information content (AvgIpc) is 2.76. The molecule has 1 spiro atoms. The van der Waals surface area contributed by atoms with Crippen LogP contribution in [0.1, 0.15) is 31.4 Å². The van der Waals surface area contributed by atoms with E-state index in [0.717, 1.165) is 0 Å². The minimum Gasteiger partial charge on any atom is -0.388 e. The molecule has 0 radical (unpaired) electrons. The SMILES string of the molecule is [2H]C1C[C@H](O)c2c(F)cccc2[C@]12COCN2. The summed E-state index contributed by atoms with van der Waals surface area (Å²) in [6, 6.07) is 4.72. The molecule has 2 aliphatic rings. The normalized spacial score (nSPS) is 38.5. The summed E-state index contributed by atoms with van der Waals surface area (Å²) in [6.45, 7) is 0.714. The second-order valence-corrected chi connectivity index (χ2v) is 4.30. The molecule has 0 saturated carbocycles. The van der Waals surface area contributed by atoms with Crippen LogP contribution >= 0.6 is 0 Å². The van der Waals surface area contributed by atoms with Gasteiger partial charge >= 0.3 is 0 Å². The summed E-state index contributed by atoms with van der Waals surface area (Å²) in [7, 11) is 0. The summed E-state index contributed by atoms with van der Waals surface area (Å²) in [5.41, 5.74) is 0.305. The number of ether oxygens (including phenoxy) is 1. The van der Waals surface area contributed by atoms with Crippen LogP contribution in [-0.4, -0.2) is 18.4 Å². The first-order valence-corrected chi connectivity index (χ1v) is 5.37. The van der Waals surface area contributed by atoms with Crippen molar-refractivity contribution in [3.05, 3.63) is 35.1 Å². The fraction of sp³-hybridized carbons (Fsp3) is 0.500. The molecular weight excluding hydrogens is 209 g/mol. The molecule has 16 heavy (non-hydrogen) atoms. The molecule has 1 heterocycles. The standard InChI is InChI=1S/C12H14FNO2/c13-9-3-1-2-8-11(9)10(15)4-5-12(8)6-16-7-14-12/h1-3,10,14-15H,4-7H2/t10-,12+/m0/s1/i5D/t5?,10-,12+. The van der Waals surface area contributed by atoms with E-state index in [1.807, 2.05) is 0 Å². The van der Waals surface area contributed by atoms with Crippen molar-refractivity contribution >= 4 is 0 Å². The zero-order valence-corrected chi connectivity index (χ0v) is 8.74. The lowest BCUT2D eigenvalue weighted by Gasteiger charge is -2.36. The van der Waals surface area contributed by atoms with Crippen LogP contribution in [0.25, 0.3) is 0 Å². The molecule has 0 aromatic heterocycles. The lowest BCUT2D eigenvalue weighted by atomic mass is 9.76. The first-order valence-electron chi connectivity index (χ1n) is 5.95. The highest BCUT2D eigenvalue weighted by atomic mass is 19.1. The summed E-state index contributed by atoms with van der Waals surface area (Å²) in [4.78, 5) is 0. The maximum Gasteiger partial charge on any atom is 0.129 e. The van der Waals surface area contributed by atoms with Gasteiger partial charge < -0.3 is 9.84 Å². The Balaban J connectivity index is 2.20. The van der Waals surface area contributed by atoms with Gasteiger partial charge in [0.2, 0.25) is 0 Å². The van der Waals surface area contributed by atoms with E-state index >= 15 is 0 Å². The highest BCUT2D eigenvalue weighted by molar-refractivity contribution is 5.39. The zero-order valence-electron chi connectivity index (χ0n) is 9.74. The van der Waals surface area contributed by atoms with Gasteiger partial charge in [0.25, 0.3) is 0 Å². The van der Waals surface area contributed by atoms with E-state index in [1.54, 1.807) is 12.1 Å². The van der Waals surface area contributed by atoms with Gasteiger partial charge in [-0.1, -0.05) is 12.1 Å². The molecule has 0 amide bonds. The Kier molecular flexibility index (Phi) is 2.00. The molecule has 1 fully saturated rings. The Morgan fingerprint density at radius 3 is 3.25 bits per heavy atom. The van der Waals surface area contributed by atoms with Crippen LogP contribution in [0.15, 0.2) is 18.2 Å². The highest BCUT2D eigenvalue weighted by Gasteiger charge is 2.43. The Bertz CT molecular complexity index is 448. The lowest BCUT2D eigenvalue weighted by molar-refractivity contribution is 0.114. The molecule has 1 unspecified atom stereocenters. The Morgan fingerprint density at radius 2 is 2.50 bits per heavy atom. The average molecular weight is 224 g/mol. The Labute approximate surface area is 94.6 Å². The molecule has 3 atom stereocenters. The Hall–Kier alpha value is -0.970. The maximum absolute atomic E-state index is 13.8. The van der Waals surface area contributed by atoms with Crippen molar-refractivity contribution in [2.45, 2.75) is 24.5 Å². The second-order valence-electron chi connectivity index (χ2n) is 4.30. The molecule has 1 saturated heterocycles. The smallest absolute Gasteiger partial charge is 0.129 e. The zero-order chi connectivity index (χ0) is 12.0. The van der Waals surface area contributed by atoms with E-state index in [-0.39, 0.29) is 6.42 Å². The van der Waals surface area contributed by atoms with Gasteiger partial charge in [-0.25, -0.2) is 4.39 Å². The summed E-state index contributed by atoms with van der Waals surface area (Å²) >= 11 is 0. The van der Waals surface area contributed by atoms with Crippen molar-refractivity contribution in [2.75, 3.05) is 13.3 Å². The topological polar surface area (TPSA) is 41.5 Å². The van der Waals surface area contributed by atoms with Crippen molar-refractivity contribution in [3.63, 3.8) is 0 Å². The predicted octanol–water partition coefficient (Wildman–Crippen LogP) is 1.43. The molecule has 1 aromatic carbocycles. The number of rotatable bonds is 0. The number of aliphatic hydroxyl groups excluding tert-OH is 1. The quantitative estimate of drug-likeness (QED) is 0.700. The van der Waals surface area contributed by atoms with Crippen LogP contribution in [0.4, 0.5) is 4.39 Å². The third-order valence-corrected chi connectivity index (χ3v) is 3.38. The largest absolute Gasteiger partial charge is 0.388 e. The maximum atomic E-state index is 13.8. The van der Waals surface area contributed by atoms with Crippen molar-refractivity contribution in [3.8, 4) is 0 Å². The monoisotopic (exact) mass is 224 g/mol. The van der Waals surface area contributed by atoms with Crippen molar-refractivity contribution in [2.24, 2.45) is 0 Å². The van der Waals surface area contributed by atoms with E-state index in [0.29, 0.717) is 24.5 Å². The summed E-state index contributed by atoms with van der Waals surface area (Å²) in [6.07, 6.45) is -1.21. The van der Waals surface area contributed by atoms with Crippen LogP contribution in [0.3, 0.4) is 0 Å². The molecular formula is C12H14FNO2. The van der Waals surface area contributed by atoms with Crippen LogP contribution in [-0.2, 0) is 10.3 Å². The third-order valence-electron chi connectivity index (χ3n) is 3.38. The van der Waals surface area contributed by atoms with Crippen LogP contribution < -0.4 is 5.32 Å². The molecule has 2 N–H and O–H groups in total. The highest BCUT2D eigenvalue weighted by Crippen LogP contribution is 2.42. The number of benzene rings is 1. The minimum atomic E-state index is -0.901. The number of hydrogen-bond acceptors (Lipinski definition) is 3. The molecule has 86 valence electrons. The summed E-state index contributed by atoms with van der Waals surface area (Å²) in [5, 5.41) is 13.1. The van der Waals surface area contributed by atoms with Gasteiger partial charge in [0.15, 0.2) is 0 Å². The molecule has 0 bridgehead atoms. The molecule has 3 nitrogen and oxygen atoms in total. The van der Waals surface area contributed by atoms with E-state index in [1.165, 1.54) is 6.07 Å². The molecule has 1 aliphatic heterocycles. The fourth-order valence-electron chi connectivity index (χ4n) is 2.55. The van der Waals surface area contributed by atoms with Crippen molar-refractivity contribution < 1.29 is 15.6 Å². The first kappa shape index (κ1) is 9.10. The second kappa shape index (κ2) is 3.52. The van der Waals surface area contributed by atoms with E-state index in [9.17, 15) is 9.50 Å². The van der Waals surface area contributed by atoms with E-state index < -0.39 is 23.9 Å². The lowest BCUT2D eigenvalue weighted by Crippen LogP contribution is -2.43. The minimum absolute atomic E-state index is 0.226. The molecule has 1 aromatic rings. The molecule has 4 heteroatoms. The van der Waals surface area contributed by atoms with Gasteiger partial charge in [-0.2, -0.15) is 0 Å². The number of nitrogens with one attached hydrogen (secondary N) is 1. The van der Waals surface area contributed by atoms with Gasteiger partial charge in [-0.05, 0) is 24.4 Å².